The number of amides is 1. The minimum Gasteiger partial charge on any atom is -0.378 e. The summed E-state index contributed by atoms with van der Waals surface area (Å²) in [6.07, 6.45) is 0. The van der Waals surface area contributed by atoms with Crippen molar-refractivity contribution in [3.05, 3.63) is 35.4 Å². The number of hydrogen-bond acceptors (Lipinski definition) is 3. The fraction of sp³-hybridized carbons (Fsp3) is 0.357. The van der Waals surface area contributed by atoms with Crippen LogP contribution in [0.1, 0.15) is 6.92 Å². The van der Waals surface area contributed by atoms with Gasteiger partial charge in [-0.05, 0) is 30.7 Å². The van der Waals surface area contributed by atoms with Crippen molar-refractivity contribution in [1.82, 2.24) is 5.32 Å². The van der Waals surface area contributed by atoms with Crippen LogP contribution in [0.3, 0.4) is 0 Å². The molecule has 1 fully saturated rings. The summed E-state index contributed by atoms with van der Waals surface area (Å²) in [5.74, 6) is -0.0117. The molecular weight excluding hydrogens is 226 g/mol. The number of carbonyl (C=O) groups is 1. The van der Waals surface area contributed by atoms with E-state index in [4.69, 9.17) is 0 Å². The molecule has 0 unspecified atom stereocenters. The average molecular weight is 245 g/mol. The molecule has 1 saturated heterocycles. The molecule has 0 spiro atoms. The van der Waals surface area contributed by atoms with Gasteiger partial charge in [-0.1, -0.05) is 6.07 Å². The number of nitrogens with one attached hydrogen (secondary N) is 2. The third kappa shape index (κ3) is 2.71. The van der Waals surface area contributed by atoms with Crippen molar-refractivity contribution in [3.63, 3.8) is 0 Å². The van der Waals surface area contributed by atoms with Crippen LogP contribution in [-0.4, -0.2) is 33.1 Å². The lowest BCUT2D eigenvalue weighted by molar-refractivity contribution is -0.112. The Labute approximate surface area is 108 Å². The van der Waals surface area contributed by atoms with Gasteiger partial charge < -0.3 is 15.5 Å². The maximum Gasteiger partial charge on any atom is 0.251 e. The Bertz CT molecular complexity index is 486. The quantitative estimate of drug-likeness (QED) is 0.795. The van der Waals surface area contributed by atoms with E-state index in [-0.39, 0.29) is 5.91 Å². The zero-order chi connectivity index (χ0) is 13.1. The van der Waals surface area contributed by atoms with E-state index in [0.29, 0.717) is 0 Å². The first-order valence-corrected chi connectivity index (χ1v) is 6.06. The predicted octanol–water partition coefficient (Wildman–Crippen LogP) is 1.61. The van der Waals surface area contributed by atoms with Crippen LogP contribution in [0, 0.1) is 0 Å². The number of carbonyl (C=O) groups excluding carboxylic acids is 1. The van der Waals surface area contributed by atoms with Gasteiger partial charge in [0.25, 0.3) is 5.91 Å². The lowest BCUT2D eigenvalue weighted by Crippen LogP contribution is -2.36. The zero-order valence-electron chi connectivity index (χ0n) is 11.1. The average Bonchev–Trinajstić information content (AvgIpc) is 2.26. The first-order valence-electron chi connectivity index (χ1n) is 6.06. The molecule has 4 nitrogen and oxygen atoms in total. The van der Waals surface area contributed by atoms with Crippen molar-refractivity contribution in [1.29, 1.82) is 0 Å². The van der Waals surface area contributed by atoms with Crippen LogP contribution in [0.4, 0.5) is 11.4 Å². The molecule has 0 saturated carbocycles. The minimum absolute atomic E-state index is 0.0117. The van der Waals surface area contributed by atoms with Crippen LogP contribution in [0.5, 0.6) is 0 Å². The molecule has 1 heterocycles. The summed E-state index contributed by atoms with van der Waals surface area (Å²) in [5.41, 5.74) is 3.92. The molecule has 1 amide bonds. The molecule has 0 aliphatic carbocycles. The van der Waals surface area contributed by atoms with Crippen LogP contribution in [-0.2, 0) is 4.79 Å². The lowest BCUT2D eigenvalue weighted by Gasteiger charge is -2.21. The van der Waals surface area contributed by atoms with Crippen LogP contribution in [0.2, 0.25) is 0 Å². The molecule has 0 aromatic heterocycles. The van der Waals surface area contributed by atoms with Gasteiger partial charge in [0.1, 0.15) is 0 Å². The highest BCUT2D eigenvalue weighted by Crippen LogP contribution is 2.18. The Morgan fingerprint density at radius 2 is 2.06 bits per heavy atom. The first-order chi connectivity index (χ1) is 8.58. The summed E-state index contributed by atoms with van der Waals surface area (Å²) in [6, 6.07) is 7.83. The van der Waals surface area contributed by atoms with Gasteiger partial charge in [-0.25, -0.2) is 0 Å². The second-order valence-corrected chi connectivity index (χ2v) is 4.73. The highest BCUT2D eigenvalue weighted by Gasteiger charge is 2.16. The molecule has 1 aromatic carbocycles. The summed E-state index contributed by atoms with van der Waals surface area (Å²) < 4.78 is 0. The van der Waals surface area contributed by atoms with E-state index in [1.807, 2.05) is 50.2 Å². The molecule has 2 N–H and O–H groups in total. The van der Waals surface area contributed by atoms with Gasteiger partial charge in [0.05, 0.1) is 0 Å². The van der Waals surface area contributed by atoms with Gasteiger partial charge in [0, 0.05) is 44.1 Å². The molecule has 1 aliphatic heterocycles. The number of hydrogen-bond donors (Lipinski definition) is 2. The Morgan fingerprint density at radius 3 is 2.61 bits per heavy atom. The molecule has 0 atom stereocenters. The van der Waals surface area contributed by atoms with Gasteiger partial charge in [-0.2, -0.15) is 0 Å². The van der Waals surface area contributed by atoms with Gasteiger partial charge in [-0.3, -0.25) is 4.79 Å². The van der Waals surface area contributed by atoms with Crippen molar-refractivity contribution in [3.8, 4) is 0 Å². The Morgan fingerprint density at radius 1 is 1.33 bits per heavy atom. The second-order valence-electron chi connectivity index (χ2n) is 4.73. The van der Waals surface area contributed by atoms with Gasteiger partial charge in [0.15, 0.2) is 0 Å². The summed E-state index contributed by atoms with van der Waals surface area (Å²) in [4.78, 5) is 14.0. The predicted molar refractivity (Wildman–Crippen MR) is 75.0 cm³/mol. The Balaban J connectivity index is 2.09. The largest absolute Gasteiger partial charge is 0.378 e. The van der Waals surface area contributed by atoms with E-state index < -0.39 is 0 Å². The third-order valence-electron chi connectivity index (χ3n) is 3.17. The number of anilines is 2. The van der Waals surface area contributed by atoms with Gasteiger partial charge in [0.2, 0.25) is 0 Å². The van der Waals surface area contributed by atoms with Crippen LogP contribution in [0.25, 0.3) is 0 Å². The van der Waals surface area contributed by atoms with Crippen molar-refractivity contribution in [2.45, 2.75) is 6.92 Å². The van der Waals surface area contributed by atoms with E-state index >= 15 is 0 Å². The second kappa shape index (κ2) is 5.23. The minimum atomic E-state index is -0.0117. The summed E-state index contributed by atoms with van der Waals surface area (Å²) in [6.45, 7) is 3.54. The fourth-order valence-electron chi connectivity index (χ4n) is 1.76. The van der Waals surface area contributed by atoms with E-state index in [1.165, 1.54) is 5.57 Å². The van der Waals surface area contributed by atoms with Crippen molar-refractivity contribution >= 4 is 17.3 Å². The monoisotopic (exact) mass is 245 g/mol. The molecule has 0 radical (unpaired) electrons. The molecule has 1 aliphatic rings. The Hall–Kier alpha value is -1.81. The highest BCUT2D eigenvalue weighted by molar-refractivity contribution is 6.04. The standard InChI is InChI=1S/C14H19N3O/c1-10(11-8-15-9-11)14(18)16-12-5-4-6-13(7-12)17(2)3/h4-7,15H,8-9H2,1-3H3,(H,16,18). The smallest absolute Gasteiger partial charge is 0.251 e. The SMILES string of the molecule is CC(C(=O)Nc1cccc(N(C)C)c1)=C1CNC1. The molecule has 2 rings (SSSR count). The van der Waals surface area contributed by atoms with E-state index in [1.54, 1.807) is 0 Å². The molecular formula is C14H19N3O. The topological polar surface area (TPSA) is 44.4 Å². The lowest BCUT2D eigenvalue weighted by atomic mass is 10.0. The van der Waals surface area contributed by atoms with Crippen LogP contribution < -0.4 is 15.5 Å². The van der Waals surface area contributed by atoms with Gasteiger partial charge in [-0.15, -0.1) is 0 Å². The fourth-order valence-corrected chi connectivity index (χ4v) is 1.76. The van der Waals surface area contributed by atoms with Crippen LogP contribution in [0.15, 0.2) is 35.4 Å². The van der Waals surface area contributed by atoms with Crippen molar-refractivity contribution < 1.29 is 4.79 Å². The molecule has 96 valence electrons. The third-order valence-corrected chi connectivity index (χ3v) is 3.17. The summed E-state index contributed by atoms with van der Waals surface area (Å²) >= 11 is 0. The molecule has 4 heteroatoms. The molecule has 18 heavy (non-hydrogen) atoms. The number of nitrogens with zero attached hydrogens (tertiary/aromatic N) is 1. The Kier molecular flexibility index (Phi) is 3.67. The molecule has 0 bridgehead atoms. The maximum absolute atomic E-state index is 12.0. The van der Waals surface area contributed by atoms with E-state index in [2.05, 4.69) is 10.6 Å². The van der Waals surface area contributed by atoms with Crippen molar-refractivity contribution in [2.24, 2.45) is 0 Å². The summed E-state index contributed by atoms with van der Waals surface area (Å²) in [5, 5.41) is 6.08. The van der Waals surface area contributed by atoms with Gasteiger partial charge >= 0.3 is 0 Å². The first kappa shape index (κ1) is 12.6. The molecule has 1 aromatic rings. The van der Waals surface area contributed by atoms with Crippen molar-refractivity contribution in [2.75, 3.05) is 37.4 Å². The normalized spacial score (nSPS) is 13.8. The number of rotatable bonds is 3. The van der Waals surface area contributed by atoms with E-state index in [9.17, 15) is 4.79 Å². The van der Waals surface area contributed by atoms with Crippen LogP contribution >= 0.6 is 0 Å². The summed E-state index contributed by atoms with van der Waals surface area (Å²) in [7, 11) is 3.96. The zero-order valence-corrected chi connectivity index (χ0v) is 11.1. The highest BCUT2D eigenvalue weighted by atomic mass is 16.1. The number of benzene rings is 1. The van der Waals surface area contributed by atoms with E-state index in [0.717, 1.165) is 30.0 Å². The maximum atomic E-state index is 12.0.